The van der Waals surface area contributed by atoms with E-state index in [1.807, 2.05) is 0 Å². The Hall–Kier alpha value is -2.48. The second-order valence-electron chi connectivity index (χ2n) is 4.04. The molecule has 8 heteroatoms. The highest BCUT2D eigenvalue weighted by atomic mass is 79.9. The molecule has 2 N–H and O–H groups in total. The van der Waals surface area contributed by atoms with Gasteiger partial charge >= 0.3 is 0 Å². The zero-order chi connectivity index (χ0) is 15.6. The fraction of sp³-hybridized carbons (Fsp3) is 0. The lowest BCUT2D eigenvalue weighted by Gasteiger charge is -2.08. The normalized spacial score (nSPS) is 10.2. The molecule has 6 nitrogen and oxygen atoms in total. The van der Waals surface area contributed by atoms with Gasteiger partial charge in [0, 0.05) is 4.47 Å². The van der Waals surface area contributed by atoms with Gasteiger partial charge in [-0.05, 0) is 46.3 Å². The maximum Gasteiger partial charge on any atom is 0.296 e. The molecule has 2 aromatic rings. The minimum absolute atomic E-state index is 0.0703. The van der Waals surface area contributed by atoms with Crippen LogP contribution in [0.5, 0.6) is 5.75 Å². The number of phenolic OH excluding ortho intramolecular Hbond substituents is 1. The Morgan fingerprint density at radius 2 is 2.00 bits per heavy atom. The number of aromatic hydroxyl groups is 1. The molecule has 0 aliphatic rings. The van der Waals surface area contributed by atoms with Crippen molar-refractivity contribution in [2.75, 3.05) is 5.32 Å². The Balaban J connectivity index is 2.34. The van der Waals surface area contributed by atoms with Gasteiger partial charge in [0.05, 0.1) is 16.6 Å². The number of halogens is 2. The third-order valence-electron chi connectivity index (χ3n) is 2.60. The molecule has 0 saturated heterocycles. The van der Waals surface area contributed by atoms with Gasteiger partial charge in [0.1, 0.15) is 17.3 Å². The van der Waals surface area contributed by atoms with E-state index >= 15 is 0 Å². The molecule has 0 atom stereocenters. The molecule has 21 heavy (non-hydrogen) atoms. The highest BCUT2D eigenvalue weighted by molar-refractivity contribution is 9.10. The largest absolute Gasteiger partial charge is 0.508 e. The van der Waals surface area contributed by atoms with Crippen LogP contribution < -0.4 is 5.32 Å². The van der Waals surface area contributed by atoms with E-state index in [1.165, 1.54) is 18.2 Å². The van der Waals surface area contributed by atoms with Crippen LogP contribution in [0.4, 0.5) is 15.8 Å². The maximum absolute atomic E-state index is 13.0. The van der Waals surface area contributed by atoms with Crippen molar-refractivity contribution in [2.24, 2.45) is 0 Å². The van der Waals surface area contributed by atoms with Crippen LogP contribution in [0.25, 0.3) is 0 Å². The maximum atomic E-state index is 13.0. The smallest absolute Gasteiger partial charge is 0.296 e. The van der Waals surface area contributed by atoms with E-state index in [9.17, 15) is 24.4 Å². The molecule has 0 radical (unpaired) electrons. The van der Waals surface area contributed by atoms with Gasteiger partial charge in [-0.3, -0.25) is 14.9 Å². The summed E-state index contributed by atoms with van der Waals surface area (Å²) < 4.78 is 13.2. The van der Waals surface area contributed by atoms with Crippen molar-refractivity contribution in [2.45, 2.75) is 0 Å². The predicted molar refractivity (Wildman–Crippen MR) is 76.8 cm³/mol. The number of carbonyl (C=O) groups is 1. The number of amides is 1. The molecule has 0 spiro atoms. The Bertz CT molecular complexity index is 736. The molecular weight excluding hydrogens is 347 g/mol. The molecule has 0 heterocycles. The van der Waals surface area contributed by atoms with Crippen LogP contribution in [-0.2, 0) is 0 Å². The summed E-state index contributed by atoms with van der Waals surface area (Å²) in [6, 6.07) is 6.81. The van der Waals surface area contributed by atoms with Crippen LogP contribution in [0.3, 0.4) is 0 Å². The minimum atomic E-state index is -0.727. The molecule has 108 valence electrons. The van der Waals surface area contributed by atoms with Gasteiger partial charge in [0.2, 0.25) is 0 Å². The van der Waals surface area contributed by atoms with Gasteiger partial charge in [-0.15, -0.1) is 0 Å². The van der Waals surface area contributed by atoms with E-state index in [0.29, 0.717) is 0 Å². The lowest BCUT2D eigenvalue weighted by molar-refractivity contribution is -0.384. The molecule has 0 aromatic heterocycles. The molecule has 0 aliphatic heterocycles. The summed E-state index contributed by atoms with van der Waals surface area (Å²) in [5.41, 5.74) is -0.389. The first kappa shape index (κ1) is 14.9. The van der Waals surface area contributed by atoms with Crippen molar-refractivity contribution in [3.8, 4) is 5.75 Å². The second-order valence-corrected chi connectivity index (χ2v) is 4.89. The van der Waals surface area contributed by atoms with Gasteiger partial charge in [-0.2, -0.15) is 0 Å². The predicted octanol–water partition coefficient (Wildman–Crippen LogP) is 3.45. The first-order valence-electron chi connectivity index (χ1n) is 5.62. The number of anilines is 1. The highest BCUT2D eigenvalue weighted by Gasteiger charge is 2.18. The number of nitro groups is 1. The van der Waals surface area contributed by atoms with Gasteiger partial charge in [-0.1, -0.05) is 0 Å². The standard InChI is InChI=1S/C13H8BrFN2O4/c14-10-5-7(15)1-3-9(10)13(19)16-11-4-2-8(18)6-12(11)17(20)21/h1-6,18H,(H,16,19). The van der Waals surface area contributed by atoms with Crippen LogP contribution in [0, 0.1) is 15.9 Å². The number of phenols is 1. The summed E-state index contributed by atoms with van der Waals surface area (Å²) in [6.45, 7) is 0. The fourth-order valence-corrected chi connectivity index (χ4v) is 2.17. The van der Waals surface area contributed by atoms with E-state index in [-0.39, 0.29) is 21.5 Å². The first-order valence-corrected chi connectivity index (χ1v) is 6.41. The Morgan fingerprint density at radius 1 is 1.29 bits per heavy atom. The first-order chi connectivity index (χ1) is 9.88. The van der Waals surface area contributed by atoms with E-state index in [2.05, 4.69) is 21.2 Å². The van der Waals surface area contributed by atoms with E-state index < -0.39 is 22.3 Å². The van der Waals surface area contributed by atoms with Gasteiger partial charge in [0.15, 0.2) is 0 Å². The average molecular weight is 355 g/mol. The number of rotatable bonds is 3. The molecule has 0 fully saturated rings. The van der Waals surface area contributed by atoms with Crippen LogP contribution in [0.15, 0.2) is 40.9 Å². The number of nitro benzene ring substituents is 1. The Kier molecular flexibility index (Phi) is 4.18. The van der Waals surface area contributed by atoms with Crippen molar-refractivity contribution >= 4 is 33.2 Å². The number of carbonyl (C=O) groups excluding carboxylic acids is 1. The topological polar surface area (TPSA) is 92.5 Å². The summed E-state index contributed by atoms with van der Waals surface area (Å²) in [7, 11) is 0. The van der Waals surface area contributed by atoms with Crippen molar-refractivity contribution in [3.63, 3.8) is 0 Å². The third-order valence-corrected chi connectivity index (χ3v) is 3.26. The lowest BCUT2D eigenvalue weighted by Crippen LogP contribution is -2.13. The van der Waals surface area contributed by atoms with Crippen LogP contribution >= 0.6 is 15.9 Å². The van der Waals surface area contributed by atoms with Crippen molar-refractivity contribution in [1.82, 2.24) is 0 Å². The van der Waals surface area contributed by atoms with E-state index in [4.69, 9.17) is 0 Å². The second kappa shape index (κ2) is 5.88. The van der Waals surface area contributed by atoms with Gasteiger partial charge in [-0.25, -0.2) is 4.39 Å². The minimum Gasteiger partial charge on any atom is -0.508 e. The molecule has 0 bridgehead atoms. The number of nitrogens with one attached hydrogen (secondary N) is 1. The van der Waals surface area contributed by atoms with Crippen molar-refractivity contribution in [3.05, 3.63) is 62.4 Å². The number of hydrogen-bond donors (Lipinski definition) is 2. The molecule has 2 rings (SSSR count). The summed E-state index contributed by atoms with van der Waals surface area (Å²) in [6.07, 6.45) is 0. The zero-order valence-corrected chi connectivity index (χ0v) is 11.9. The van der Waals surface area contributed by atoms with Crippen LogP contribution in [0.1, 0.15) is 10.4 Å². The summed E-state index contributed by atoms with van der Waals surface area (Å²) >= 11 is 3.05. The van der Waals surface area contributed by atoms with Crippen molar-refractivity contribution < 1.29 is 19.2 Å². The van der Waals surface area contributed by atoms with Crippen molar-refractivity contribution in [1.29, 1.82) is 0 Å². The van der Waals surface area contributed by atoms with Crippen LogP contribution in [-0.4, -0.2) is 15.9 Å². The number of nitrogens with zero attached hydrogens (tertiary/aromatic N) is 1. The van der Waals surface area contributed by atoms with Crippen LogP contribution in [0.2, 0.25) is 0 Å². The summed E-state index contributed by atoms with van der Waals surface area (Å²) in [5.74, 6) is -1.45. The number of benzene rings is 2. The monoisotopic (exact) mass is 354 g/mol. The third kappa shape index (κ3) is 3.34. The summed E-state index contributed by atoms with van der Waals surface area (Å²) in [5, 5.41) is 22.5. The highest BCUT2D eigenvalue weighted by Crippen LogP contribution is 2.29. The van der Waals surface area contributed by atoms with Gasteiger partial charge in [0.25, 0.3) is 11.6 Å². The number of hydrogen-bond acceptors (Lipinski definition) is 4. The summed E-state index contributed by atoms with van der Waals surface area (Å²) in [4.78, 5) is 22.2. The molecular formula is C13H8BrFN2O4. The molecule has 0 unspecified atom stereocenters. The Labute approximate surface area is 126 Å². The lowest BCUT2D eigenvalue weighted by atomic mass is 10.2. The molecule has 0 aliphatic carbocycles. The van der Waals surface area contributed by atoms with E-state index in [1.54, 1.807) is 0 Å². The quantitative estimate of drug-likeness (QED) is 0.501. The molecule has 2 aromatic carbocycles. The molecule has 0 saturated carbocycles. The van der Waals surface area contributed by atoms with Gasteiger partial charge < -0.3 is 10.4 Å². The SMILES string of the molecule is O=C(Nc1ccc(O)cc1[N+](=O)[O-])c1ccc(F)cc1Br. The van der Waals surface area contributed by atoms with E-state index in [0.717, 1.165) is 18.2 Å². The Morgan fingerprint density at radius 3 is 2.62 bits per heavy atom. The molecule has 1 amide bonds. The fourth-order valence-electron chi connectivity index (χ4n) is 1.64. The average Bonchev–Trinajstić information content (AvgIpc) is 2.40. The zero-order valence-electron chi connectivity index (χ0n) is 10.3.